The van der Waals surface area contributed by atoms with Gasteiger partial charge in [0.25, 0.3) is 0 Å². The van der Waals surface area contributed by atoms with E-state index in [9.17, 15) is 4.79 Å². The molecular weight excluding hydrogens is 184 g/mol. The highest BCUT2D eigenvalue weighted by atomic mass is 16.7. The van der Waals surface area contributed by atoms with E-state index in [-0.39, 0.29) is 24.1 Å². The van der Waals surface area contributed by atoms with Crippen LogP contribution in [0.4, 0.5) is 0 Å². The number of carbonyl (C=O) groups excluding carboxylic acids is 1. The molecule has 2 atom stereocenters. The Hall–Kier alpha value is -0.610. The number of methoxy groups -OCH3 is 1. The smallest absolute Gasteiger partial charge is 0.309 e. The Bertz CT molecular complexity index is 187. The van der Waals surface area contributed by atoms with Gasteiger partial charge in [0, 0.05) is 19.1 Å². The quantitative estimate of drug-likeness (QED) is 0.479. The fraction of sp³-hybridized carbons (Fsp3) is 0.900. The summed E-state index contributed by atoms with van der Waals surface area (Å²) < 4.78 is 15.5. The molecule has 1 fully saturated rings. The Kier molecular flexibility index (Phi) is 4.35. The Morgan fingerprint density at radius 2 is 1.93 bits per heavy atom. The Morgan fingerprint density at radius 3 is 2.36 bits per heavy atom. The van der Waals surface area contributed by atoms with E-state index in [1.807, 2.05) is 13.8 Å². The average Bonchev–Trinajstić information content (AvgIpc) is 2.96. The number of hydrogen-bond acceptors (Lipinski definition) is 4. The van der Waals surface area contributed by atoms with Crippen LogP contribution < -0.4 is 0 Å². The molecule has 4 nitrogen and oxygen atoms in total. The van der Waals surface area contributed by atoms with Crippen molar-refractivity contribution in [2.45, 2.75) is 26.6 Å². The van der Waals surface area contributed by atoms with Gasteiger partial charge in [0.2, 0.25) is 0 Å². The van der Waals surface area contributed by atoms with Crippen LogP contribution in [0.2, 0.25) is 0 Å². The first-order chi connectivity index (χ1) is 6.74. The average molecular weight is 202 g/mol. The lowest BCUT2D eigenvalue weighted by atomic mass is 10.3. The normalized spacial score (nSPS) is 25.1. The predicted octanol–water partition coefficient (Wildman–Crippen LogP) is 1.19. The maximum Gasteiger partial charge on any atom is 0.309 e. The third-order valence-corrected chi connectivity index (χ3v) is 2.36. The van der Waals surface area contributed by atoms with Gasteiger partial charge in [-0.25, -0.2) is 0 Å². The van der Waals surface area contributed by atoms with Gasteiger partial charge in [-0.2, -0.15) is 0 Å². The molecule has 14 heavy (non-hydrogen) atoms. The molecule has 0 radical (unpaired) electrons. The topological polar surface area (TPSA) is 44.8 Å². The molecule has 0 amide bonds. The molecule has 0 unspecified atom stereocenters. The van der Waals surface area contributed by atoms with Crippen LogP contribution in [0, 0.1) is 11.8 Å². The lowest BCUT2D eigenvalue weighted by Crippen LogP contribution is -2.22. The van der Waals surface area contributed by atoms with Crippen molar-refractivity contribution in [2.75, 3.05) is 20.3 Å². The largest absolute Gasteiger partial charge is 0.469 e. The van der Waals surface area contributed by atoms with E-state index >= 15 is 0 Å². The molecule has 82 valence electrons. The van der Waals surface area contributed by atoms with Crippen LogP contribution in [-0.4, -0.2) is 32.6 Å². The van der Waals surface area contributed by atoms with Gasteiger partial charge in [-0.3, -0.25) is 4.79 Å². The summed E-state index contributed by atoms with van der Waals surface area (Å²) in [5, 5.41) is 0. The molecular formula is C10H18O4. The van der Waals surface area contributed by atoms with E-state index in [4.69, 9.17) is 9.47 Å². The summed E-state index contributed by atoms with van der Waals surface area (Å²) >= 11 is 0. The molecule has 0 saturated heterocycles. The number of hydrogen-bond donors (Lipinski definition) is 0. The van der Waals surface area contributed by atoms with Gasteiger partial charge in [0.15, 0.2) is 6.29 Å². The van der Waals surface area contributed by atoms with Gasteiger partial charge in [0.05, 0.1) is 13.0 Å². The molecule has 0 bridgehead atoms. The standard InChI is InChI=1S/C10H18O4/c1-4-13-10(14-5-2)8-6-7(8)9(11)12-3/h7-8,10H,4-6H2,1-3H3/t7-,8+/m0/s1. The monoisotopic (exact) mass is 202 g/mol. The SMILES string of the molecule is CCOC(OCC)[C@@H]1C[C@@H]1C(=O)OC. The third kappa shape index (κ3) is 2.69. The van der Waals surface area contributed by atoms with E-state index < -0.39 is 0 Å². The molecule has 0 aromatic carbocycles. The van der Waals surface area contributed by atoms with E-state index in [0.717, 1.165) is 6.42 Å². The predicted molar refractivity (Wildman–Crippen MR) is 50.7 cm³/mol. The Morgan fingerprint density at radius 1 is 1.36 bits per heavy atom. The lowest BCUT2D eigenvalue weighted by Gasteiger charge is -2.16. The first kappa shape index (κ1) is 11.5. The van der Waals surface area contributed by atoms with Crippen molar-refractivity contribution in [3.63, 3.8) is 0 Å². The molecule has 0 spiro atoms. The highest BCUT2D eigenvalue weighted by molar-refractivity contribution is 5.75. The first-order valence-corrected chi connectivity index (χ1v) is 5.05. The van der Waals surface area contributed by atoms with Gasteiger partial charge in [0.1, 0.15) is 0 Å². The molecule has 1 rings (SSSR count). The van der Waals surface area contributed by atoms with Gasteiger partial charge in [-0.05, 0) is 20.3 Å². The molecule has 0 N–H and O–H groups in total. The number of ether oxygens (including phenoxy) is 3. The second kappa shape index (κ2) is 5.32. The number of rotatable bonds is 6. The Balaban J connectivity index is 2.36. The molecule has 0 aromatic heterocycles. The van der Waals surface area contributed by atoms with E-state index in [0.29, 0.717) is 13.2 Å². The summed E-state index contributed by atoms with van der Waals surface area (Å²) in [6, 6.07) is 0. The fourth-order valence-electron chi connectivity index (χ4n) is 1.56. The minimum absolute atomic E-state index is 0.0249. The summed E-state index contributed by atoms with van der Waals surface area (Å²) in [7, 11) is 1.41. The second-order valence-corrected chi connectivity index (χ2v) is 3.31. The van der Waals surface area contributed by atoms with Crippen LogP contribution in [0.1, 0.15) is 20.3 Å². The fourth-order valence-corrected chi connectivity index (χ4v) is 1.56. The number of carbonyl (C=O) groups is 1. The zero-order valence-electron chi connectivity index (χ0n) is 8.99. The van der Waals surface area contributed by atoms with Crippen molar-refractivity contribution in [3.8, 4) is 0 Å². The van der Waals surface area contributed by atoms with E-state index in [1.54, 1.807) is 0 Å². The lowest BCUT2D eigenvalue weighted by molar-refractivity contribution is -0.158. The van der Waals surface area contributed by atoms with Gasteiger partial charge in [-0.15, -0.1) is 0 Å². The van der Waals surface area contributed by atoms with Crippen molar-refractivity contribution >= 4 is 5.97 Å². The van der Waals surface area contributed by atoms with E-state index in [2.05, 4.69) is 4.74 Å². The summed E-state index contributed by atoms with van der Waals surface area (Å²) in [6.07, 6.45) is 0.575. The molecule has 1 aliphatic carbocycles. The van der Waals surface area contributed by atoms with Crippen LogP contribution >= 0.6 is 0 Å². The molecule has 1 saturated carbocycles. The van der Waals surface area contributed by atoms with Crippen LogP contribution in [0.15, 0.2) is 0 Å². The van der Waals surface area contributed by atoms with Crippen LogP contribution in [0.3, 0.4) is 0 Å². The van der Waals surface area contributed by atoms with Crippen molar-refractivity contribution in [2.24, 2.45) is 11.8 Å². The van der Waals surface area contributed by atoms with Crippen LogP contribution in [-0.2, 0) is 19.0 Å². The summed E-state index contributed by atoms with van der Waals surface area (Å²) in [5.74, 6) is 0.00450. The highest BCUT2D eigenvalue weighted by Gasteiger charge is 2.49. The minimum atomic E-state index is -0.242. The minimum Gasteiger partial charge on any atom is -0.469 e. The Labute approximate surface area is 84.5 Å². The molecule has 0 heterocycles. The summed E-state index contributed by atoms with van der Waals surface area (Å²) in [5.41, 5.74) is 0. The van der Waals surface area contributed by atoms with Crippen molar-refractivity contribution in [1.82, 2.24) is 0 Å². The van der Waals surface area contributed by atoms with Crippen LogP contribution in [0.25, 0.3) is 0 Å². The third-order valence-electron chi connectivity index (χ3n) is 2.36. The van der Waals surface area contributed by atoms with E-state index in [1.165, 1.54) is 7.11 Å². The molecule has 0 aromatic rings. The van der Waals surface area contributed by atoms with Gasteiger partial charge < -0.3 is 14.2 Å². The molecule has 1 aliphatic rings. The maximum atomic E-state index is 11.2. The number of esters is 1. The summed E-state index contributed by atoms with van der Waals surface area (Å²) in [4.78, 5) is 11.2. The second-order valence-electron chi connectivity index (χ2n) is 3.31. The first-order valence-electron chi connectivity index (χ1n) is 5.05. The molecule has 0 aliphatic heterocycles. The highest BCUT2D eigenvalue weighted by Crippen LogP contribution is 2.43. The van der Waals surface area contributed by atoms with Gasteiger partial charge in [-0.1, -0.05) is 0 Å². The van der Waals surface area contributed by atoms with Gasteiger partial charge >= 0.3 is 5.97 Å². The van der Waals surface area contributed by atoms with Crippen molar-refractivity contribution < 1.29 is 19.0 Å². The summed E-state index contributed by atoms with van der Waals surface area (Å²) in [6.45, 7) is 5.05. The zero-order valence-corrected chi connectivity index (χ0v) is 8.99. The van der Waals surface area contributed by atoms with Crippen LogP contribution in [0.5, 0.6) is 0 Å². The molecule has 4 heteroatoms. The van der Waals surface area contributed by atoms with Crippen molar-refractivity contribution in [3.05, 3.63) is 0 Å². The zero-order chi connectivity index (χ0) is 10.6. The maximum absolute atomic E-state index is 11.2. The van der Waals surface area contributed by atoms with Crippen molar-refractivity contribution in [1.29, 1.82) is 0 Å².